The van der Waals surface area contributed by atoms with E-state index < -0.39 is 10.2 Å². The van der Waals surface area contributed by atoms with E-state index in [0.29, 0.717) is 31.6 Å². The van der Waals surface area contributed by atoms with E-state index in [1.54, 1.807) is 8.61 Å². The molecule has 21 heavy (non-hydrogen) atoms. The molecule has 126 valence electrons. The fourth-order valence-corrected chi connectivity index (χ4v) is 4.70. The molecule has 0 aliphatic carbocycles. The minimum atomic E-state index is -3.29. The standard InChI is InChI=1S/C15H33N3O2S/c1-6-14(5)18(7-2)21(19,20)17-10-8-15(9-11-17)12-16-13(3)4/h13-16H,6-12H2,1-5H3. The first-order valence-electron chi connectivity index (χ1n) is 8.33. The lowest BCUT2D eigenvalue weighted by molar-refractivity contribution is 0.236. The maximum absolute atomic E-state index is 12.7. The van der Waals surface area contributed by atoms with Crippen LogP contribution < -0.4 is 5.32 Å². The molecule has 0 radical (unpaired) electrons. The zero-order chi connectivity index (χ0) is 16.0. The van der Waals surface area contributed by atoms with Crippen molar-refractivity contribution < 1.29 is 8.42 Å². The molecule has 1 aliphatic rings. The van der Waals surface area contributed by atoms with Crippen molar-refractivity contribution >= 4 is 10.2 Å². The predicted molar refractivity (Wildman–Crippen MR) is 88.5 cm³/mol. The van der Waals surface area contributed by atoms with Crippen LogP contribution in [0.15, 0.2) is 0 Å². The Balaban J connectivity index is 2.59. The van der Waals surface area contributed by atoms with Crippen molar-refractivity contribution in [2.75, 3.05) is 26.2 Å². The molecule has 1 saturated heterocycles. The zero-order valence-electron chi connectivity index (χ0n) is 14.3. The molecular formula is C15H33N3O2S. The van der Waals surface area contributed by atoms with Gasteiger partial charge in [-0.25, -0.2) is 0 Å². The number of rotatable bonds is 8. The van der Waals surface area contributed by atoms with Crippen molar-refractivity contribution in [3.63, 3.8) is 0 Å². The molecule has 6 heteroatoms. The fraction of sp³-hybridized carbons (Fsp3) is 1.00. The van der Waals surface area contributed by atoms with E-state index in [1.807, 2.05) is 20.8 Å². The Hall–Kier alpha value is -0.170. The predicted octanol–water partition coefficient (Wildman–Crippen LogP) is 2.06. The van der Waals surface area contributed by atoms with E-state index in [4.69, 9.17) is 0 Å². The summed E-state index contributed by atoms with van der Waals surface area (Å²) >= 11 is 0. The molecule has 1 N–H and O–H groups in total. The van der Waals surface area contributed by atoms with Gasteiger partial charge >= 0.3 is 0 Å². The minimum Gasteiger partial charge on any atom is -0.314 e. The van der Waals surface area contributed by atoms with Gasteiger partial charge in [0.25, 0.3) is 10.2 Å². The normalized spacial score (nSPS) is 20.3. The van der Waals surface area contributed by atoms with E-state index in [0.717, 1.165) is 25.8 Å². The van der Waals surface area contributed by atoms with Crippen LogP contribution in [-0.2, 0) is 10.2 Å². The largest absolute Gasteiger partial charge is 0.314 e. The third kappa shape index (κ3) is 5.20. The highest BCUT2D eigenvalue weighted by Crippen LogP contribution is 2.22. The molecule has 1 aliphatic heterocycles. The van der Waals surface area contributed by atoms with Crippen LogP contribution in [0.4, 0.5) is 0 Å². The Morgan fingerprint density at radius 3 is 2.19 bits per heavy atom. The van der Waals surface area contributed by atoms with Crippen molar-refractivity contribution in [1.82, 2.24) is 13.9 Å². The highest BCUT2D eigenvalue weighted by Gasteiger charge is 2.33. The van der Waals surface area contributed by atoms with Crippen molar-refractivity contribution in [2.24, 2.45) is 5.92 Å². The lowest BCUT2D eigenvalue weighted by atomic mass is 9.98. The van der Waals surface area contributed by atoms with Crippen LogP contribution in [0.2, 0.25) is 0 Å². The molecule has 0 bridgehead atoms. The Kier molecular flexibility index (Phi) is 7.60. The summed E-state index contributed by atoms with van der Waals surface area (Å²) in [6, 6.07) is 0.563. The Bertz CT molecular complexity index is 390. The summed E-state index contributed by atoms with van der Waals surface area (Å²) in [7, 11) is -3.29. The van der Waals surface area contributed by atoms with Crippen LogP contribution >= 0.6 is 0 Å². The van der Waals surface area contributed by atoms with Gasteiger partial charge in [0.1, 0.15) is 0 Å². The van der Waals surface area contributed by atoms with Gasteiger partial charge in [-0.05, 0) is 38.6 Å². The Morgan fingerprint density at radius 1 is 1.19 bits per heavy atom. The summed E-state index contributed by atoms with van der Waals surface area (Å²) < 4.78 is 28.8. The van der Waals surface area contributed by atoms with Gasteiger partial charge in [0.2, 0.25) is 0 Å². The molecule has 0 aromatic heterocycles. The Morgan fingerprint density at radius 2 is 1.76 bits per heavy atom. The SMILES string of the molecule is CCC(C)N(CC)S(=O)(=O)N1CCC(CNC(C)C)CC1. The van der Waals surface area contributed by atoms with E-state index in [2.05, 4.69) is 19.2 Å². The molecular weight excluding hydrogens is 286 g/mol. The second-order valence-electron chi connectivity index (χ2n) is 6.37. The summed E-state index contributed by atoms with van der Waals surface area (Å²) in [5.41, 5.74) is 0. The molecule has 0 amide bonds. The van der Waals surface area contributed by atoms with Gasteiger partial charge in [0, 0.05) is 31.7 Å². The summed E-state index contributed by atoms with van der Waals surface area (Å²) in [6.45, 7) is 13.1. The van der Waals surface area contributed by atoms with E-state index in [9.17, 15) is 8.42 Å². The molecule has 1 unspecified atom stereocenters. The summed E-state index contributed by atoms with van der Waals surface area (Å²) in [5.74, 6) is 0.595. The third-order valence-corrected chi connectivity index (χ3v) is 6.63. The van der Waals surface area contributed by atoms with Crippen LogP contribution in [0.1, 0.15) is 53.9 Å². The number of nitrogens with zero attached hydrogens (tertiary/aromatic N) is 2. The van der Waals surface area contributed by atoms with Gasteiger partial charge in [0.15, 0.2) is 0 Å². The van der Waals surface area contributed by atoms with Crippen molar-refractivity contribution in [2.45, 2.75) is 66.0 Å². The van der Waals surface area contributed by atoms with Gasteiger partial charge in [-0.2, -0.15) is 17.0 Å². The Labute approximate surface area is 131 Å². The molecule has 1 atom stereocenters. The summed E-state index contributed by atoms with van der Waals surface area (Å²) in [4.78, 5) is 0. The van der Waals surface area contributed by atoms with Crippen molar-refractivity contribution in [1.29, 1.82) is 0 Å². The maximum atomic E-state index is 12.7. The molecule has 1 heterocycles. The topological polar surface area (TPSA) is 52.7 Å². The number of hydrogen-bond acceptors (Lipinski definition) is 3. The fourth-order valence-electron chi connectivity index (χ4n) is 2.80. The van der Waals surface area contributed by atoms with Crippen LogP contribution in [0, 0.1) is 5.92 Å². The second kappa shape index (κ2) is 8.46. The van der Waals surface area contributed by atoms with Crippen molar-refractivity contribution in [3.05, 3.63) is 0 Å². The summed E-state index contributed by atoms with van der Waals surface area (Å²) in [6.07, 6.45) is 2.76. The van der Waals surface area contributed by atoms with Gasteiger partial charge < -0.3 is 5.32 Å². The van der Waals surface area contributed by atoms with Crippen LogP contribution in [0.3, 0.4) is 0 Å². The smallest absolute Gasteiger partial charge is 0.282 e. The highest BCUT2D eigenvalue weighted by molar-refractivity contribution is 7.86. The molecule has 5 nitrogen and oxygen atoms in total. The first-order chi connectivity index (χ1) is 9.82. The molecule has 1 rings (SSSR count). The molecule has 1 fully saturated rings. The van der Waals surface area contributed by atoms with Crippen LogP contribution in [0.5, 0.6) is 0 Å². The molecule has 0 saturated carbocycles. The minimum absolute atomic E-state index is 0.0698. The van der Waals surface area contributed by atoms with Gasteiger partial charge in [-0.3, -0.25) is 0 Å². The van der Waals surface area contributed by atoms with Crippen LogP contribution in [-0.4, -0.2) is 55.3 Å². The highest BCUT2D eigenvalue weighted by atomic mass is 32.2. The quantitative estimate of drug-likeness (QED) is 0.745. The lowest BCUT2D eigenvalue weighted by Gasteiger charge is -2.36. The van der Waals surface area contributed by atoms with Crippen molar-refractivity contribution in [3.8, 4) is 0 Å². The van der Waals surface area contributed by atoms with Gasteiger partial charge in [-0.1, -0.05) is 27.7 Å². The first kappa shape index (κ1) is 18.9. The van der Waals surface area contributed by atoms with E-state index >= 15 is 0 Å². The zero-order valence-corrected chi connectivity index (χ0v) is 15.1. The van der Waals surface area contributed by atoms with E-state index in [1.165, 1.54) is 0 Å². The van der Waals surface area contributed by atoms with Gasteiger partial charge in [-0.15, -0.1) is 0 Å². The lowest BCUT2D eigenvalue weighted by Crippen LogP contribution is -2.50. The van der Waals surface area contributed by atoms with Gasteiger partial charge in [0.05, 0.1) is 0 Å². The third-order valence-electron chi connectivity index (χ3n) is 4.41. The molecule has 0 aromatic carbocycles. The molecule has 0 aromatic rings. The second-order valence-corrected chi connectivity index (χ2v) is 8.25. The number of nitrogens with one attached hydrogen (secondary N) is 1. The summed E-state index contributed by atoms with van der Waals surface area (Å²) in [5, 5.41) is 3.45. The maximum Gasteiger partial charge on any atom is 0.282 e. The monoisotopic (exact) mass is 319 g/mol. The average molecular weight is 320 g/mol. The number of hydrogen-bond donors (Lipinski definition) is 1. The van der Waals surface area contributed by atoms with Crippen LogP contribution in [0.25, 0.3) is 0 Å². The first-order valence-corrected chi connectivity index (χ1v) is 9.72. The average Bonchev–Trinajstić information content (AvgIpc) is 2.45. The van der Waals surface area contributed by atoms with E-state index in [-0.39, 0.29) is 6.04 Å². The number of piperidine rings is 1. The molecule has 0 spiro atoms.